The molecule has 0 atom stereocenters. The molecule has 54 valence electrons. The molecule has 0 radical (unpaired) electrons. The van der Waals surface area contributed by atoms with Crippen LogP contribution >= 0.6 is 0 Å². The maximum absolute atomic E-state index is 8.60. The molecule has 10 heavy (non-hydrogen) atoms. The highest BCUT2D eigenvalue weighted by molar-refractivity contribution is 5.06. The Kier molecular flexibility index (Phi) is 2.17. The van der Waals surface area contributed by atoms with Crippen LogP contribution in [0.1, 0.15) is 5.69 Å². The number of rotatable bonds is 2. The summed E-state index contributed by atoms with van der Waals surface area (Å²) in [7, 11) is 1.51. The average Bonchev–Trinajstić information content (AvgIpc) is 2.05. The van der Waals surface area contributed by atoms with E-state index in [0.717, 1.165) is 0 Å². The van der Waals surface area contributed by atoms with Crippen molar-refractivity contribution in [2.45, 2.75) is 6.61 Å². The molecule has 0 aliphatic heterocycles. The summed E-state index contributed by atoms with van der Waals surface area (Å²) in [6.45, 7) is -0.107. The van der Waals surface area contributed by atoms with E-state index in [1.54, 1.807) is 0 Å². The fourth-order valence-corrected chi connectivity index (χ4v) is 0.561. The molecule has 0 bridgehead atoms. The van der Waals surface area contributed by atoms with E-state index in [9.17, 15) is 0 Å². The number of hydrogen-bond donors (Lipinski definition) is 1. The SMILES string of the molecule is COc1cncc(CO)n1. The van der Waals surface area contributed by atoms with Gasteiger partial charge in [0.05, 0.1) is 31.8 Å². The lowest BCUT2D eigenvalue weighted by molar-refractivity contribution is 0.273. The molecule has 1 aromatic heterocycles. The molecule has 0 aliphatic rings. The van der Waals surface area contributed by atoms with Crippen LogP contribution in [-0.4, -0.2) is 22.2 Å². The highest BCUT2D eigenvalue weighted by Crippen LogP contribution is 2.02. The number of hydrogen-bond acceptors (Lipinski definition) is 4. The second-order valence-corrected chi connectivity index (χ2v) is 1.71. The Morgan fingerprint density at radius 3 is 3.00 bits per heavy atom. The Labute approximate surface area is 58.5 Å². The maximum atomic E-state index is 8.60. The van der Waals surface area contributed by atoms with Gasteiger partial charge in [-0.2, -0.15) is 0 Å². The fourth-order valence-electron chi connectivity index (χ4n) is 0.561. The van der Waals surface area contributed by atoms with Crippen molar-refractivity contribution in [2.75, 3.05) is 7.11 Å². The second kappa shape index (κ2) is 3.12. The zero-order valence-corrected chi connectivity index (χ0v) is 5.61. The minimum atomic E-state index is -0.107. The normalized spacial score (nSPS) is 9.40. The van der Waals surface area contributed by atoms with Crippen LogP contribution in [0.25, 0.3) is 0 Å². The lowest BCUT2D eigenvalue weighted by atomic mass is 10.5. The molecule has 0 spiro atoms. The molecule has 1 N–H and O–H groups in total. The highest BCUT2D eigenvalue weighted by Gasteiger charge is 1.94. The van der Waals surface area contributed by atoms with Gasteiger partial charge < -0.3 is 9.84 Å². The summed E-state index contributed by atoms with van der Waals surface area (Å²) in [4.78, 5) is 7.65. The Bertz CT molecular complexity index is 195. The van der Waals surface area contributed by atoms with Crippen molar-refractivity contribution in [2.24, 2.45) is 0 Å². The van der Waals surface area contributed by atoms with Gasteiger partial charge in [-0.05, 0) is 0 Å². The summed E-state index contributed by atoms with van der Waals surface area (Å²) >= 11 is 0. The molecule has 0 fully saturated rings. The van der Waals surface area contributed by atoms with Crippen molar-refractivity contribution in [1.29, 1.82) is 0 Å². The Hall–Kier alpha value is -1.16. The van der Waals surface area contributed by atoms with E-state index in [4.69, 9.17) is 9.84 Å². The van der Waals surface area contributed by atoms with Gasteiger partial charge in [-0.15, -0.1) is 0 Å². The molecule has 4 nitrogen and oxygen atoms in total. The molecule has 0 unspecified atom stereocenters. The number of ether oxygens (including phenoxy) is 1. The van der Waals surface area contributed by atoms with Gasteiger partial charge in [0.1, 0.15) is 0 Å². The third-order valence-electron chi connectivity index (χ3n) is 1.03. The van der Waals surface area contributed by atoms with Crippen LogP contribution in [0, 0.1) is 0 Å². The molecule has 1 rings (SSSR count). The van der Waals surface area contributed by atoms with Gasteiger partial charge in [-0.1, -0.05) is 0 Å². The monoisotopic (exact) mass is 140 g/mol. The highest BCUT2D eigenvalue weighted by atomic mass is 16.5. The van der Waals surface area contributed by atoms with Crippen molar-refractivity contribution in [3.8, 4) is 5.88 Å². The van der Waals surface area contributed by atoms with Crippen LogP contribution in [0.5, 0.6) is 5.88 Å². The number of aliphatic hydroxyl groups excluding tert-OH is 1. The van der Waals surface area contributed by atoms with Crippen LogP contribution < -0.4 is 4.74 Å². The van der Waals surface area contributed by atoms with Crippen LogP contribution in [0.4, 0.5) is 0 Å². The second-order valence-electron chi connectivity index (χ2n) is 1.71. The summed E-state index contributed by atoms with van der Waals surface area (Å²) in [6.07, 6.45) is 2.97. The lowest BCUT2D eigenvalue weighted by Crippen LogP contribution is -1.94. The first-order valence-electron chi connectivity index (χ1n) is 2.82. The van der Waals surface area contributed by atoms with Gasteiger partial charge in [-0.25, -0.2) is 4.98 Å². The third-order valence-corrected chi connectivity index (χ3v) is 1.03. The van der Waals surface area contributed by atoms with Crippen molar-refractivity contribution in [1.82, 2.24) is 9.97 Å². The third kappa shape index (κ3) is 1.41. The predicted octanol–water partition coefficient (Wildman–Crippen LogP) is -0.0225. The van der Waals surface area contributed by atoms with E-state index in [0.29, 0.717) is 11.6 Å². The van der Waals surface area contributed by atoms with Gasteiger partial charge in [0, 0.05) is 0 Å². The van der Waals surface area contributed by atoms with Crippen molar-refractivity contribution < 1.29 is 9.84 Å². The number of aliphatic hydroxyl groups is 1. The molecule has 0 saturated carbocycles. The minimum Gasteiger partial charge on any atom is -0.480 e. The van der Waals surface area contributed by atoms with Crippen molar-refractivity contribution in [3.63, 3.8) is 0 Å². The number of aromatic nitrogens is 2. The summed E-state index contributed by atoms with van der Waals surface area (Å²) in [5.41, 5.74) is 0.513. The summed E-state index contributed by atoms with van der Waals surface area (Å²) in [6, 6.07) is 0. The average molecular weight is 140 g/mol. The molecule has 1 heterocycles. The predicted molar refractivity (Wildman–Crippen MR) is 34.5 cm³/mol. The van der Waals surface area contributed by atoms with Gasteiger partial charge in [0.25, 0.3) is 0 Å². The van der Waals surface area contributed by atoms with Crippen molar-refractivity contribution in [3.05, 3.63) is 18.1 Å². The first kappa shape index (κ1) is 6.95. The van der Waals surface area contributed by atoms with Crippen molar-refractivity contribution >= 4 is 0 Å². The molecule has 0 saturated heterocycles. The zero-order chi connectivity index (χ0) is 7.40. The van der Waals surface area contributed by atoms with E-state index in [1.807, 2.05) is 0 Å². The molecule has 0 amide bonds. The van der Waals surface area contributed by atoms with Crippen LogP contribution in [0.2, 0.25) is 0 Å². The Morgan fingerprint density at radius 1 is 1.60 bits per heavy atom. The molecule has 4 heteroatoms. The van der Waals surface area contributed by atoms with E-state index in [-0.39, 0.29) is 6.61 Å². The first-order valence-corrected chi connectivity index (χ1v) is 2.82. The van der Waals surface area contributed by atoms with Crippen LogP contribution in [0.15, 0.2) is 12.4 Å². The fraction of sp³-hybridized carbons (Fsp3) is 0.333. The van der Waals surface area contributed by atoms with Gasteiger partial charge in [-0.3, -0.25) is 4.98 Å². The number of methoxy groups -OCH3 is 1. The summed E-state index contributed by atoms with van der Waals surface area (Å²) in [5, 5.41) is 8.60. The van der Waals surface area contributed by atoms with E-state index in [2.05, 4.69) is 9.97 Å². The summed E-state index contributed by atoms with van der Waals surface area (Å²) in [5.74, 6) is 0.423. The van der Waals surface area contributed by atoms with Gasteiger partial charge in [0.2, 0.25) is 5.88 Å². The minimum absolute atomic E-state index is 0.107. The smallest absolute Gasteiger partial charge is 0.232 e. The van der Waals surface area contributed by atoms with Gasteiger partial charge >= 0.3 is 0 Å². The molecule has 0 aromatic carbocycles. The van der Waals surface area contributed by atoms with E-state index < -0.39 is 0 Å². The van der Waals surface area contributed by atoms with E-state index in [1.165, 1.54) is 19.5 Å². The molecular weight excluding hydrogens is 132 g/mol. The molecule has 1 aromatic rings. The summed E-state index contributed by atoms with van der Waals surface area (Å²) < 4.78 is 4.77. The van der Waals surface area contributed by atoms with E-state index >= 15 is 0 Å². The maximum Gasteiger partial charge on any atom is 0.232 e. The standard InChI is InChI=1S/C6H8N2O2/c1-10-6-3-7-2-5(4-9)8-6/h2-3,9H,4H2,1H3. The lowest BCUT2D eigenvalue weighted by Gasteiger charge is -1.97. The zero-order valence-electron chi connectivity index (χ0n) is 5.61. The topological polar surface area (TPSA) is 55.2 Å². The van der Waals surface area contributed by atoms with Crippen LogP contribution in [-0.2, 0) is 6.61 Å². The number of nitrogens with zero attached hydrogens (tertiary/aromatic N) is 2. The Morgan fingerprint density at radius 2 is 2.40 bits per heavy atom. The molecular formula is C6H8N2O2. The van der Waals surface area contributed by atoms with Gasteiger partial charge in [0.15, 0.2) is 0 Å². The first-order chi connectivity index (χ1) is 4.86. The quantitative estimate of drug-likeness (QED) is 0.627. The molecule has 0 aliphatic carbocycles. The largest absolute Gasteiger partial charge is 0.480 e. The van der Waals surface area contributed by atoms with Crippen LogP contribution in [0.3, 0.4) is 0 Å². The Balaban J connectivity index is 2.87.